The van der Waals surface area contributed by atoms with Crippen molar-refractivity contribution in [2.24, 2.45) is 0 Å². The second kappa shape index (κ2) is 4.68. The number of rotatable bonds is 3. The van der Waals surface area contributed by atoms with Gasteiger partial charge in [0.05, 0.1) is 10.8 Å². The summed E-state index contributed by atoms with van der Waals surface area (Å²) in [5.41, 5.74) is 0. The SMILES string of the molecule is Fc1cccc(SCc2ccc(Cl)o2)n1. The quantitative estimate of drug-likeness (QED) is 0.606. The lowest BCUT2D eigenvalue weighted by atomic mass is 10.5. The van der Waals surface area contributed by atoms with E-state index in [0.717, 1.165) is 5.76 Å². The Morgan fingerprint density at radius 1 is 1.33 bits per heavy atom. The van der Waals surface area contributed by atoms with Crippen LogP contribution in [0.15, 0.2) is 39.8 Å². The van der Waals surface area contributed by atoms with Gasteiger partial charge in [0.1, 0.15) is 5.76 Å². The summed E-state index contributed by atoms with van der Waals surface area (Å²) >= 11 is 7.01. The van der Waals surface area contributed by atoms with Gasteiger partial charge in [0.15, 0.2) is 5.22 Å². The van der Waals surface area contributed by atoms with Crippen molar-refractivity contribution in [2.75, 3.05) is 0 Å². The fraction of sp³-hybridized carbons (Fsp3) is 0.100. The van der Waals surface area contributed by atoms with Crippen LogP contribution < -0.4 is 0 Å². The van der Waals surface area contributed by atoms with Crippen molar-refractivity contribution in [1.82, 2.24) is 4.98 Å². The Bertz CT molecular complexity index is 460. The molecule has 0 aliphatic carbocycles. The lowest BCUT2D eigenvalue weighted by Crippen LogP contribution is -1.84. The lowest BCUT2D eigenvalue weighted by Gasteiger charge is -1.97. The van der Waals surface area contributed by atoms with Crippen molar-refractivity contribution >= 4 is 23.4 Å². The Hall–Kier alpha value is -1.00. The zero-order chi connectivity index (χ0) is 10.7. The third-order valence-corrected chi connectivity index (χ3v) is 2.84. The minimum absolute atomic E-state index is 0.359. The maximum absolute atomic E-state index is 12.7. The number of furan rings is 1. The molecule has 2 heterocycles. The Balaban J connectivity index is 1.99. The number of aromatic nitrogens is 1. The molecule has 2 aromatic rings. The van der Waals surface area contributed by atoms with Crippen molar-refractivity contribution in [3.63, 3.8) is 0 Å². The highest BCUT2D eigenvalue weighted by Gasteiger charge is 2.02. The van der Waals surface area contributed by atoms with Crippen LogP contribution in [0.25, 0.3) is 0 Å². The highest BCUT2D eigenvalue weighted by Crippen LogP contribution is 2.23. The summed E-state index contributed by atoms with van der Waals surface area (Å²) in [7, 11) is 0. The summed E-state index contributed by atoms with van der Waals surface area (Å²) in [6.45, 7) is 0. The van der Waals surface area contributed by atoms with Gasteiger partial charge in [-0.25, -0.2) is 4.98 Å². The number of thioether (sulfide) groups is 1. The molecule has 0 bridgehead atoms. The van der Waals surface area contributed by atoms with E-state index >= 15 is 0 Å². The van der Waals surface area contributed by atoms with Gasteiger partial charge in [-0.2, -0.15) is 4.39 Å². The second-order valence-electron chi connectivity index (χ2n) is 2.79. The molecule has 0 saturated heterocycles. The number of halogens is 2. The van der Waals surface area contributed by atoms with Gasteiger partial charge < -0.3 is 4.42 Å². The Labute approximate surface area is 95.5 Å². The standard InChI is InChI=1S/C10H7ClFNOS/c11-8-5-4-7(14-8)6-15-10-3-1-2-9(12)13-10/h1-5H,6H2. The molecule has 2 rings (SSSR count). The van der Waals surface area contributed by atoms with Gasteiger partial charge in [-0.3, -0.25) is 0 Å². The molecule has 15 heavy (non-hydrogen) atoms. The van der Waals surface area contributed by atoms with Crippen LogP contribution in [0.2, 0.25) is 5.22 Å². The number of nitrogens with zero attached hydrogens (tertiary/aromatic N) is 1. The molecule has 0 amide bonds. The number of hydrogen-bond donors (Lipinski definition) is 0. The van der Waals surface area contributed by atoms with Crippen LogP contribution in [0.1, 0.15) is 5.76 Å². The fourth-order valence-corrected chi connectivity index (χ4v) is 1.98. The molecule has 0 radical (unpaired) electrons. The predicted molar refractivity (Wildman–Crippen MR) is 57.5 cm³/mol. The van der Waals surface area contributed by atoms with Crippen molar-refractivity contribution in [1.29, 1.82) is 0 Å². The maximum Gasteiger partial charge on any atom is 0.213 e. The van der Waals surface area contributed by atoms with Gasteiger partial charge >= 0.3 is 0 Å². The molecule has 0 aliphatic rings. The molecule has 2 nitrogen and oxygen atoms in total. The van der Waals surface area contributed by atoms with Gasteiger partial charge in [-0.15, -0.1) is 0 Å². The first kappa shape index (κ1) is 10.5. The van der Waals surface area contributed by atoms with Crippen molar-refractivity contribution in [2.45, 2.75) is 10.8 Å². The van der Waals surface area contributed by atoms with E-state index in [2.05, 4.69) is 4.98 Å². The zero-order valence-electron chi connectivity index (χ0n) is 7.61. The van der Waals surface area contributed by atoms with E-state index in [0.29, 0.717) is 16.0 Å². The number of hydrogen-bond acceptors (Lipinski definition) is 3. The third kappa shape index (κ3) is 2.97. The molecule has 0 atom stereocenters. The second-order valence-corrected chi connectivity index (χ2v) is 4.16. The van der Waals surface area contributed by atoms with Gasteiger partial charge in [-0.05, 0) is 35.9 Å². The summed E-state index contributed by atoms with van der Waals surface area (Å²) in [6, 6.07) is 8.15. The maximum atomic E-state index is 12.7. The van der Waals surface area contributed by atoms with E-state index in [9.17, 15) is 4.39 Å². The molecule has 0 fully saturated rings. The monoisotopic (exact) mass is 243 g/mol. The Kier molecular flexibility index (Phi) is 3.28. The first-order chi connectivity index (χ1) is 7.24. The van der Waals surface area contributed by atoms with Gasteiger partial charge in [0.25, 0.3) is 0 Å². The highest BCUT2D eigenvalue weighted by molar-refractivity contribution is 7.98. The summed E-state index contributed by atoms with van der Waals surface area (Å²) in [5, 5.41) is 0.986. The molecular formula is C10H7ClFNOS. The van der Waals surface area contributed by atoms with E-state index in [1.54, 1.807) is 24.3 Å². The summed E-state index contributed by atoms with van der Waals surface area (Å²) in [4.78, 5) is 3.72. The van der Waals surface area contributed by atoms with Crippen LogP contribution in [-0.2, 0) is 5.75 Å². The average molecular weight is 244 g/mol. The van der Waals surface area contributed by atoms with E-state index in [4.69, 9.17) is 16.0 Å². The minimum Gasteiger partial charge on any atom is -0.449 e. The van der Waals surface area contributed by atoms with Gasteiger partial charge in [0, 0.05) is 0 Å². The first-order valence-electron chi connectivity index (χ1n) is 4.23. The molecule has 2 aromatic heterocycles. The smallest absolute Gasteiger partial charge is 0.213 e. The topological polar surface area (TPSA) is 26.0 Å². The van der Waals surface area contributed by atoms with E-state index in [-0.39, 0.29) is 0 Å². The molecule has 0 unspecified atom stereocenters. The molecular weight excluding hydrogens is 237 g/mol. The highest BCUT2D eigenvalue weighted by atomic mass is 35.5. The Morgan fingerprint density at radius 3 is 2.87 bits per heavy atom. The van der Waals surface area contributed by atoms with Crippen LogP contribution in [0.3, 0.4) is 0 Å². The van der Waals surface area contributed by atoms with E-state index in [1.807, 2.05) is 0 Å². The minimum atomic E-state index is -0.475. The zero-order valence-corrected chi connectivity index (χ0v) is 9.19. The van der Waals surface area contributed by atoms with Gasteiger partial charge in [-0.1, -0.05) is 17.8 Å². The molecule has 78 valence electrons. The first-order valence-corrected chi connectivity index (χ1v) is 5.60. The molecule has 0 N–H and O–H groups in total. The van der Waals surface area contributed by atoms with E-state index in [1.165, 1.54) is 17.8 Å². The molecule has 0 aliphatic heterocycles. The van der Waals surface area contributed by atoms with Crippen LogP contribution >= 0.6 is 23.4 Å². The molecule has 0 spiro atoms. The average Bonchev–Trinajstić information content (AvgIpc) is 2.62. The molecule has 5 heteroatoms. The third-order valence-electron chi connectivity index (χ3n) is 1.68. The summed E-state index contributed by atoms with van der Waals surface area (Å²) in [5.74, 6) is 0.858. The Morgan fingerprint density at radius 2 is 2.20 bits per heavy atom. The van der Waals surface area contributed by atoms with Crippen molar-refractivity contribution < 1.29 is 8.81 Å². The normalized spacial score (nSPS) is 10.5. The molecule has 0 aromatic carbocycles. The van der Waals surface area contributed by atoms with Crippen LogP contribution in [0.5, 0.6) is 0 Å². The van der Waals surface area contributed by atoms with Gasteiger partial charge in [0.2, 0.25) is 5.95 Å². The van der Waals surface area contributed by atoms with Crippen LogP contribution in [0, 0.1) is 5.95 Å². The largest absolute Gasteiger partial charge is 0.449 e. The number of pyridine rings is 1. The van der Waals surface area contributed by atoms with Crippen molar-refractivity contribution in [3.05, 3.63) is 47.3 Å². The van der Waals surface area contributed by atoms with Crippen LogP contribution in [0.4, 0.5) is 4.39 Å². The van der Waals surface area contributed by atoms with E-state index < -0.39 is 5.95 Å². The lowest BCUT2D eigenvalue weighted by molar-refractivity contribution is 0.532. The summed E-state index contributed by atoms with van der Waals surface area (Å²) < 4.78 is 17.9. The van der Waals surface area contributed by atoms with Crippen molar-refractivity contribution in [3.8, 4) is 0 Å². The molecule has 0 saturated carbocycles. The summed E-state index contributed by atoms with van der Waals surface area (Å²) in [6.07, 6.45) is 0. The van der Waals surface area contributed by atoms with Crippen LogP contribution in [-0.4, -0.2) is 4.98 Å². The fourth-order valence-electron chi connectivity index (χ4n) is 1.04. The predicted octanol–water partition coefficient (Wildman–Crippen LogP) is 3.76.